The molecule has 1 heterocycles. The lowest BCUT2D eigenvalue weighted by atomic mass is 9.97. The largest absolute Gasteiger partial charge is 0.386 e. The Morgan fingerprint density at radius 1 is 1.15 bits per heavy atom. The van der Waals surface area contributed by atoms with Crippen molar-refractivity contribution in [2.75, 3.05) is 0 Å². The van der Waals surface area contributed by atoms with E-state index in [1.165, 1.54) is 0 Å². The summed E-state index contributed by atoms with van der Waals surface area (Å²) in [6, 6.07) is 13.4. The van der Waals surface area contributed by atoms with Crippen LogP contribution in [0.5, 0.6) is 0 Å². The Morgan fingerprint density at radius 3 is 2.48 bits per heavy atom. The summed E-state index contributed by atoms with van der Waals surface area (Å²) < 4.78 is 2.78. The molecule has 0 unspecified atom stereocenters. The molecule has 142 valence electrons. The second-order valence-electron chi connectivity index (χ2n) is 7.44. The molecule has 1 aromatic heterocycles. The SMILES string of the molecule is CCCCc1nc2ccc(C(C)(C)O)cc2c(=O)n1Cc1ccc(Br)cc1. The summed E-state index contributed by atoms with van der Waals surface area (Å²) in [5, 5.41) is 10.9. The van der Waals surface area contributed by atoms with Gasteiger partial charge in [-0.3, -0.25) is 9.36 Å². The Kier molecular flexibility index (Phi) is 5.82. The summed E-state index contributed by atoms with van der Waals surface area (Å²) in [4.78, 5) is 18.1. The first kappa shape index (κ1) is 19.8. The molecular formula is C22H25BrN2O2. The van der Waals surface area contributed by atoms with Gasteiger partial charge in [-0.25, -0.2) is 4.98 Å². The van der Waals surface area contributed by atoms with Crippen molar-refractivity contribution in [2.45, 2.75) is 52.2 Å². The summed E-state index contributed by atoms with van der Waals surface area (Å²) >= 11 is 3.45. The van der Waals surface area contributed by atoms with Crippen LogP contribution in [0.15, 0.2) is 51.7 Å². The highest BCUT2D eigenvalue weighted by atomic mass is 79.9. The number of rotatable bonds is 6. The quantitative estimate of drug-likeness (QED) is 0.614. The fraction of sp³-hybridized carbons (Fsp3) is 0.364. The van der Waals surface area contributed by atoms with Gasteiger partial charge in [0.25, 0.3) is 5.56 Å². The van der Waals surface area contributed by atoms with E-state index in [-0.39, 0.29) is 5.56 Å². The van der Waals surface area contributed by atoms with Gasteiger partial charge in [-0.2, -0.15) is 0 Å². The molecule has 0 aliphatic rings. The van der Waals surface area contributed by atoms with E-state index in [0.29, 0.717) is 23.0 Å². The van der Waals surface area contributed by atoms with Gasteiger partial charge in [0.05, 0.1) is 23.0 Å². The number of aryl methyl sites for hydroxylation is 1. The fourth-order valence-electron chi connectivity index (χ4n) is 3.11. The van der Waals surface area contributed by atoms with Gasteiger partial charge in [0.2, 0.25) is 0 Å². The van der Waals surface area contributed by atoms with Gasteiger partial charge in [-0.05, 0) is 55.7 Å². The van der Waals surface area contributed by atoms with Crippen LogP contribution in [0.3, 0.4) is 0 Å². The molecule has 0 radical (unpaired) electrons. The number of benzene rings is 2. The number of aliphatic hydroxyl groups is 1. The molecule has 0 spiro atoms. The second kappa shape index (κ2) is 7.95. The second-order valence-corrected chi connectivity index (χ2v) is 8.36. The minimum Gasteiger partial charge on any atom is -0.386 e. The molecule has 0 aliphatic heterocycles. The van der Waals surface area contributed by atoms with Crippen LogP contribution >= 0.6 is 15.9 Å². The average molecular weight is 429 g/mol. The lowest BCUT2D eigenvalue weighted by Gasteiger charge is -2.19. The number of hydrogen-bond donors (Lipinski definition) is 1. The molecule has 1 N–H and O–H groups in total. The number of halogens is 1. The Bertz CT molecular complexity index is 1000. The zero-order valence-corrected chi connectivity index (χ0v) is 17.6. The van der Waals surface area contributed by atoms with Crippen molar-refractivity contribution in [3.05, 3.63) is 74.2 Å². The van der Waals surface area contributed by atoms with Crippen LogP contribution in [-0.4, -0.2) is 14.7 Å². The number of fused-ring (bicyclic) bond motifs is 1. The number of nitrogens with zero attached hydrogens (tertiary/aromatic N) is 2. The van der Waals surface area contributed by atoms with Gasteiger partial charge in [0.1, 0.15) is 5.82 Å². The molecule has 0 aliphatic carbocycles. The maximum atomic E-state index is 13.3. The zero-order valence-electron chi connectivity index (χ0n) is 16.0. The van der Waals surface area contributed by atoms with E-state index in [9.17, 15) is 9.90 Å². The van der Waals surface area contributed by atoms with Crippen molar-refractivity contribution < 1.29 is 5.11 Å². The molecule has 4 nitrogen and oxygen atoms in total. The molecule has 3 rings (SSSR count). The fourth-order valence-corrected chi connectivity index (χ4v) is 3.37. The number of hydrogen-bond acceptors (Lipinski definition) is 3. The average Bonchev–Trinajstić information content (AvgIpc) is 2.63. The standard InChI is InChI=1S/C22H25BrN2O2/c1-4-5-6-20-24-19-12-9-16(22(2,3)27)13-18(19)21(26)25(20)14-15-7-10-17(23)11-8-15/h7-13,27H,4-6,14H2,1-3H3. The summed E-state index contributed by atoms with van der Waals surface area (Å²) in [6.45, 7) is 6.06. The van der Waals surface area contributed by atoms with Crippen molar-refractivity contribution in [3.63, 3.8) is 0 Å². The van der Waals surface area contributed by atoms with E-state index in [0.717, 1.165) is 35.1 Å². The third-order valence-electron chi connectivity index (χ3n) is 4.75. The van der Waals surface area contributed by atoms with E-state index in [1.54, 1.807) is 24.5 Å². The highest BCUT2D eigenvalue weighted by Crippen LogP contribution is 2.23. The van der Waals surface area contributed by atoms with E-state index in [2.05, 4.69) is 22.9 Å². The van der Waals surface area contributed by atoms with Crippen LogP contribution in [-0.2, 0) is 18.6 Å². The van der Waals surface area contributed by atoms with Gasteiger partial charge in [-0.15, -0.1) is 0 Å². The van der Waals surface area contributed by atoms with E-state index < -0.39 is 5.60 Å². The van der Waals surface area contributed by atoms with Crippen molar-refractivity contribution in [2.24, 2.45) is 0 Å². The lowest BCUT2D eigenvalue weighted by Crippen LogP contribution is -2.26. The molecule has 0 saturated heterocycles. The van der Waals surface area contributed by atoms with Crippen LogP contribution in [0.1, 0.15) is 50.6 Å². The Balaban J connectivity index is 2.15. The molecule has 0 saturated carbocycles. The molecule has 0 fully saturated rings. The van der Waals surface area contributed by atoms with Crippen LogP contribution in [0.25, 0.3) is 10.9 Å². The summed E-state index contributed by atoms with van der Waals surface area (Å²) in [5.41, 5.74) is 1.40. The molecule has 3 aromatic rings. The Hall–Kier alpha value is -1.98. The van der Waals surface area contributed by atoms with Gasteiger partial charge in [0, 0.05) is 10.9 Å². The maximum absolute atomic E-state index is 13.3. The number of aromatic nitrogens is 2. The third-order valence-corrected chi connectivity index (χ3v) is 5.28. The third kappa shape index (κ3) is 4.47. The minimum atomic E-state index is -1.00. The molecule has 0 amide bonds. The Morgan fingerprint density at radius 2 is 1.85 bits per heavy atom. The lowest BCUT2D eigenvalue weighted by molar-refractivity contribution is 0.0787. The molecular weight excluding hydrogens is 404 g/mol. The van der Waals surface area contributed by atoms with E-state index in [1.807, 2.05) is 36.4 Å². The molecule has 5 heteroatoms. The van der Waals surface area contributed by atoms with Crippen LogP contribution in [0, 0.1) is 0 Å². The summed E-state index contributed by atoms with van der Waals surface area (Å²) in [7, 11) is 0. The first-order valence-corrected chi connectivity index (χ1v) is 10.1. The van der Waals surface area contributed by atoms with Crippen molar-refractivity contribution in [1.82, 2.24) is 9.55 Å². The van der Waals surface area contributed by atoms with Gasteiger partial charge in [-0.1, -0.05) is 47.5 Å². The van der Waals surface area contributed by atoms with Crippen molar-refractivity contribution in [1.29, 1.82) is 0 Å². The van der Waals surface area contributed by atoms with Crippen molar-refractivity contribution in [3.8, 4) is 0 Å². The highest BCUT2D eigenvalue weighted by Gasteiger charge is 2.18. The molecule has 0 bridgehead atoms. The summed E-state index contributed by atoms with van der Waals surface area (Å²) in [5.74, 6) is 0.813. The number of unbranched alkanes of at least 4 members (excludes halogenated alkanes) is 1. The Labute approximate surface area is 168 Å². The van der Waals surface area contributed by atoms with E-state index in [4.69, 9.17) is 4.98 Å². The van der Waals surface area contributed by atoms with Crippen LogP contribution < -0.4 is 5.56 Å². The van der Waals surface area contributed by atoms with Crippen LogP contribution in [0.2, 0.25) is 0 Å². The zero-order chi connectivity index (χ0) is 19.6. The van der Waals surface area contributed by atoms with Gasteiger partial charge in [0.15, 0.2) is 0 Å². The topological polar surface area (TPSA) is 55.1 Å². The predicted octanol–water partition coefficient (Wildman–Crippen LogP) is 4.78. The normalized spacial score (nSPS) is 11.9. The van der Waals surface area contributed by atoms with Crippen molar-refractivity contribution >= 4 is 26.8 Å². The molecule has 0 atom stereocenters. The molecule has 2 aromatic carbocycles. The van der Waals surface area contributed by atoms with Gasteiger partial charge >= 0.3 is 0 Å². The highest BCUT2D eigenvalue weighted by molar-refractivity contribution is 9.10. The smallest absolute Gasteiger partial charge is 0.261 e. The first-order valence-electron chi connectivity index (χ1n) is 9.30. The summed E-state index contributed by atoms with van der Waals surface area (Å²) in [6.07, 6.45) is 2.80. The predicted molar refractivity (Wildman–Crippen MR) is 113 cm³/mol. The van der Waals surface area contributed by atoms with Gasteiger partial charge < -0.3 is 5.11 Å². The molecule has 27 heavy (non-hydrogen) atoms. The first-order chi connectivity index (χ1) is 12.8. The maximum Gasteiger partial charge on any atom is 0.261 e. The van der Waals surface area contributed by atoms with Crippen LogP contribution in [0.4, 0.5) is 0 Å². The monoisotopic (exact) mass is 428 g/mol. The van der Waals surface area contributed by atoms with E-state index >= 15 is 0 Å². The minimum absolute atomic E-state index is 0.0554.